The molecule has 3 nitrogen and oxygen atoms in total. The molecule has 0 aromatic heterocycles. The summed E-state index contributed by atoms with van der Waals surface area (Å²) in [5.74, 6) is 1.42. The van der Waals surface area contributed by atoms with Gasteiger partial charge in [-0.25, -0.2) is 0 Å². The van der Waals surface area contributed by atoms with Crippen LogP contribution in [0.1, 0.15) is 58.8 Å². The second-order valence-corrected chi connectivity index (χ2v) is 8.75. The molecule has 3 saturated carbocycles. The van der Waals surface area contributed by atoms with E-state index in [1.807, 2.05) is 6.08 Å². The average molecular weight is 304 g/mol. The highest BCUT2D eigenvalue weighted by Crippen LogP contribution is 2.65. The minimum absolute atomic E-state index is 0.0570. The van der Waals surface area contributed by atoms with Gasteiger partial charge < -0.3 is 10.2 Å². The molecular formula is C19H28O3. The molecule has 0 spiro atoms. The number of carbonyl (C=O) groups is 1. The van der Waals surface area contributed by atoms with Gasteiger partial charge in [-0.2, -0.15) is 0 Å². The Morgan fingerprint density at radius 3 is 2.68 bits per heavy atom. The summed E-state index contributed by atoms with van der Waals surface area (Å²) in [6.45, 7) is 4.49. The topological polar surface area (TPSA) is 57.5 Å². The van der Waals surface area contributed by atoms with Crippen molar-refractivity contribution in [1.29, 1.82) is 0 Å². The van der Waals surface area contributed by atoms with Gasteiger partial charge in [0.15, 0.2) is 5.78 Å². The van der Waals surface area contributed by atoms with Crippen molar-refractivity contribution >= 4 is 5.78 Å². The molecule has 0 aliphatic heterocycles. The van der Waals surface area contributed by atoms with Crippen LogP contribution in [0.15, 0.2) is 11.6 Å². The van der Waals surface area contributed by atoms with Crippen LogP contribution >= 0.6 is 0 Å². The third-order valence-corrected chi connectivity index (χ3v) is 7.90. The zero-order valence-corrected chi connectivity index (χ0v) is 13.7. The van der Waals surface area contributed by atoms with Gasteiger partial charge in [0.1, 0.15) is 0 Å². The second-order valence-electron chi connectivity index (χ2n) is 8.75. The lowest BCUT2D eigenvalue weighted by molar-refractivity contribution is -0.139. The Hall–Kier alpha value is -0.670. The first-order valence-electron chi connectivity index (χ1n) is 8.96. The van der Waals surface area contributed by atoms with Crippen LogP contribution in [0.25, 0.3) is 0 Å². The fourth-order valence-corrected chi connectivity index (χ4v) is 6.53. The van der Waals surface area contributed by atoms with E-state index < -0.39 is 0 Å². The SMILES string of the molecule is C[C@]12CC[C@H](O)[C@@H]1[C@H]1CCC3=CC(=O)CC[C@]3(C)[C@@H]1C[C@H]2O. The fourth-order valence-electron chi connectivity index (χ4n) is 6.53. The van der Waals surface area contributed by atoms with E-state index in [2.05, 4.69) is 13.8 Å². The first-order chi connectivity index (χ1) is 10.4. The molecular weight excluding hydrogens is 276 g/mol. The Bertz CT molecular complexity index is 539. The van der Waals surface area contributed by atoms with Crippen molar-refractivity contribution in [3.05, 3.63) is 11.6 Å². The molecule has 3 heteroatoms. The molecule has 0 saturated heterocycles. The molecule has 4 aliphatic rings. The van der Waals surface area contributed by atoms with Gasteiger partial charge in [0.25, 0.3) is 0 Å². The molecule has 22 heavy (non-hydrogen) atoms. The van der Waals surface area contributed by atoms with Gasteiger partial charge in [0.2, 0.25) is 0 Å². The number of hydrogen-bond acceptors (Lipinski definition) is 3. The van der Waals surface area contributed by atoms with Crippen molar-refractivity contribution in [3.63, 3.8) is 0 Å². The molecule has 7 atom stereocenters. The third-order valence-electron chi connectivity index (χ3n) is 7.90. The van der Waals surface area contributed by atoms with E-state index in [0.29, 0.717) is 18.3 Å². The molecule has 0 aromatic rings. The predicted molar refractivity (Wildman–Crippen MR) is 84.1 cm³/mol. The summed E-state index contributed by atoms with van der Waals surface area (Å²) in [6.07, 6.45) is 7.58. The molecule has 2 N–H and O–H groups in total. The van der Waals surface area contributed by atoms with Crippen LogP contribution in [0.2, 0.25) is 0 Å². The van der Waals surface area contributed by atoms with Gasteiger partial charge in [-0.3, -0.25) is 4.79 Å². The monoisotopic (exact) mass is 304 g/mol. The number of fused-ring (bicyclic) bond motifs is 5. The summed E-state index contributed by atoms with van der Waals surface area (Å²) >= 11 is 0. The van der Waals surface area contributed by atoms with Crippen molar-refractivity contribution in [2.24, 2.45) is 28.6 Å². The summed E-state index contributed by atoms with van der Waals surface area (Å²) in [4.78, 5) is 11.8. The predicted octanol–water partition coefficient (Wildman–Crippen LogP) is 2.85. The average Bonchev–Trinajstić information content (AvgIpc) is 2.79. The van der Waals surface area contributed by atoms with E-state index in [0.717, 1.165) is 38.5 Å². The highest BCUT2D eigenvalue weighted by Gasteiger charge is 2.61. The Kier molecular flexibility index (Phi) is 3.16. The minimum atomic E-state index is -0.315. The maximum Gasteiger partial charge on any atom is 0.155 e. The standard InChI is InChI=1S/C19H28O3/c1-18-7-5-12(20)9-11(18)3-4-13-14(18)10-16(22)19(2)8-6-15(21)17(13)19/h9,13-17,21-22H,3-8,10H2,1-2H3/t13-,14+,15-,16+,17-,18-,19+/m0/s1. The Morgan fingerprint density at radius 1 is 1.14 bits per heavy atom. The van der Waals surface area contributed by atoms with Gasteiger partial charge in [-0.1, -0.05) is 19.4 Å². The van der Waals surface area contributed by atoms with E-state index in [9.17, 15) is 15.0 Å². The van der Waals surface area contributed by atoms with Gasteiger partial charge in [0, 0.05) is 6.42 Å². The number of rotatable bonds is 0. The van der Waals surface area contributed by atoms with Gasteiger partial charge in [-0.15, -0.1) is 0 Å². The highest BCUT2D eigenvalue weighted by molar-refractivity contribution is 5.91. The smallest absolute Gasteiger partial charge is 0.155 e. The van der Waals surface area contributed by atoms with E-state index in [1.165, 1.54) is 5.57 Å². The van der Waals surface area contributed by atoms with Crippen LogP contribution in [-0.2, 0) is 4.79 Å². The van der Waals surface area contributed by atoms with Crippen LogP contribution in [0.3, 0.4) is 0 Å². The lowest BCUT2D eigenvalue weighted by Crippen LogP contribution is -2.56. The van der Waals surface area contributed by atoms with Crippen LogP contribution < -0.4 is 0 Å². The summed E-state index contributed by atoms with van der Waals surface area (Å²) in [7, 11) is 0. The number of carbonyl (C=O) groups excluding carboxylic acids is 1. The van der Waals surface area contributed by atoms with Crippen molar-refractivity contribution in [2.75, 3.05) is 0 Å². The van der Waals surface area contributed by atoms with E-state index >= 15 is 0 Å². The Labute approximate surface area is 132 Å². The number of aliphatic hydroxyl groups is 2. The molecule has 0 radical (unpaired) electrons. The Balaban J connectivity index is 1.74. The summed E-state index contributed by atoms with van der Waals surface area (Å²) in [5.41, 5.74) is 1.26. The first kappa shape index (κ1) is 14.9. The number of aliphatic hydroxyl groups excluding tert-OH is 2. The summed E-state index contributed by atoms with van der Waals surface area (Å²) in [6, 6.07) is 0. The van der Waals surface area contributed by atoms with E-state index in [1.54, 1.807) is 0 Å². The van der Waals surface area contributed by atoms with E-state index in [4.69, 9.17) is 0 Å². The molecule has 122 valence electrons. The maximum absolute atomic E-state index is 11.8. The van der Waals surface area contributed by atoms with Crippen molar-refractivity contribution in [3.8, 4) is 0 Å². The van der Waals surface area contributed by atoms with E-state index in [-0.39, 0.29) is 34.7 Å². The molecule has 3 fully saturated rings. The van der Waals surface area contributed by atoms with Crippen LogP contribution in [-0.4, -0.2) is 28.2 Å². The summed E-state index contributed by atoms with van der Waals surface area (Å²) in [5, 5.41) is 21.4. The van der Waals surface area contributed by atoms with Gasteiger partial charge >= 0.3 is 0 Å². The molecule has 4 rings (SSSR count). The van der Waals surface area contributed by atoms with Crippen molar-refractivity contribution in [2.45, 2.75) is 71.0 Å². The number of ketones is 1. The molecule has 0 aromatic carbocycles. The second kappa shape index (κ2) is 4.67. The van der Waals surface area contributed by atoms with Crippen LogP contribution in [0, 0.1) is 28.6 Å². The number of allylic oxidation sites excluding steroid dienone is 1. The van der Waals surface area contributed by atoms with Gasteiger partial charge in [-0.05, 0) is 73.2 Å². The zero-order chi connectivity index (χ0) is 15.7. The molecule has 0 amide bonds. The molecule has 0 bridgehead atoms. The largest absolute Gasteiger partial charge is 0.393 e. The van der Waals surface area contributed by atoms with Crippen molar-refractivity contribution in [1.82, 2.24) is 0 Å². The first-order valence-corrected chi connectivity index (χ1v) is 8.96. The van der Waals surface area contributed by atoms with Gasteiger partial charge in [0.05, 0.1) is 12.2 Å². The number of hydrogen-bond donors (Lipinski definition) is 2. The molecule has 4 aliphatic carbocycles. The maximum atomic E-state index is 11.8. The molecule has 0 heterocycles. The minimum Gasteiger partial charge on any atom is -0.393 e. The van der Waals surface area contributed by atoms with Crippen LogP contribution in [0.4, 0.5) is 0 Å². The Morgan fingerprint density at radius 2 is 1.91 bits per heavy atom. The highest BCUT2D eigenvalue weighted by atomic mass is 16.3. The third kappa shape index (κ3) is 1.78. The zero-order valence-electron chi connectivity index (χ0n) is 13.7. The fraction of sp³-hybridized carbons (Fsp3) is 0.842. The van der Waals surface area contributed by atoms with Crippen molar-refractivity contribution < 1.29 is 15.0 Å². The molecule has 0 unspecified atom stereocenters. The normalized spacial score (nSPS) is 54.3. The lowest BCUT2D eigenvalue weighted by Gasteiger charge is -2.59. The quantitative estimate of drug-likeness (QED) is 0.723. The summed E-state index contributed by atoms with van der Waals surface area (Å²) < 4.78 is 0. The van der Waals surface area contributed by atoms with Crippen LogP contribution in [0.5, 0.6) is 0 Å². The lowest BCUT2D eigenvalue weighted by atomic mass is 9.46.